The van der Waals surface area contributed by atoms with Crippen molar-refractivity contribution < 1.29 is 14.3 Å². The summed E-state index contributed by atoms with van der Waals surface area (Å²) in [6.45, 7) is 6.20. The molecule has 6 heteroatoms. The van der Waals surface area contributed by atoms with Crippen LogP contribution in [-0.2, 0) is 4.74 Å². The molecule has 3 rings (SSSR count). The predicted octanol–water partition coefficient (Wildman–Crippen LogP) is 2.55. The molecule has 1 saturated heterocycles. The second-order valence-corrected chi connectivity index (χ2v) is 6.83. The van der Waals surface area contributed by atoms with Crippen molar-refractivity contribution in [1.29, 1.82) is 0 Å². The van der Waals surface area contributed by atoms with Gasteiger partial charge in [0.1, 0.15) is 0 Å². The van der Waals surface area contributed by atoms with Gasteiger partial charge in [0, 0.05) is 49.9 Å². The SMILES string of the molecule is COc1cccc(-c2cccc(C(=O)N(C)CC(C)N3CCOCC3)c2)n1. The fraction of sp³-hybridized carbons (Fsp3) is 0.429. The number of carbonyl (C=O) groups excluding carboxylic acids is 1. The standard InChI is InChI=1S/C21H27N3O3/c1-16(24-10-12-27-13-11-24)15-23(2)21(25)18-7-4-6-17(14-18)19-8-5-9-20(22-19)26-3/h4-9,14,16H,10-13,15H2,1-3H3. The lowest BCUT2D eigenvalue weighted by Crippen LogP contribution is -2.47. The second kappa shape index (κ2) is 8.97. The lowest BCUT2D eigenvalue weighted by Gasteiger charge is -2.34. The van der Waals surface area contributed by atoms with Gasteiger partial charge < -0.3 is 14.4 Å². The van der Waals surface area contributed by atoms with E-state index in [1.807, 2.05) is 43.4 Å². The molecule has 27 heavy (non-hydrogen) atoms. The van der Waals surface area contributed by atoms with E-state index in [4.69, 9.17) is 9.47 Å². The molecule has 2 heterocycles. The summed E-state index contributed by atoms with van der Waals surface area (Å²) in [7, 11) is 3.45. The Bertz CT molecular complexity index is 775. The van der Waals surface area contributed by atoms with Crippen molar-refractivity contribution in [1.82, 2.24) is 14.8 Å². The van der Waals surface area contributed by atoms with Crippen LogP contribution in [0.4, 0.5) is 0 Å². The van der Waals surface area contributed by atoms with Crippen LogP contribution in [0.3, 0.4) is 0 Å². The molecule has 0 spiro atoms. The molecule has 1 aliphatic rings. The summed E-state index contributed by atoms with van der Waals surface area (Å²) in [5, 5.41) is 0. The fourth-order valence-corrected chi connectivity index (χ4v) is 3.33. The smallest absolute Gasteiger partial charge is 0.253 e. The zero-order chi connectivity index (χ0) is 19.2. The molecule has 144 valence electrons. The van der Waals surface area contributed by atoms with Crippen molar-refractivity contribution in [2.45, 2.75) is 13.0 Å². The number of aromatic nitrogens is 1. The van der Waals surface area contributed by atoms with Crippen LogP contribution < -0.4 is 4.74 Å². The van der Waals surface area contributed by atoms with Crippen LogP contribution in [0.5, 0.6) is 5.88 Å². The minimum Gasteiger partial charge on any atom is -0.481 e. The Labute approximate surface area is 160 Å². The highest BCUT2D eigenvalue weighted by Crippen LogP contribution is 2.21. The summed E-state index contributed by atoms with van der Waals surface area (Å²) in [4.78, 5) is 21.5. The highest BCUT2D eigenvalue weighted by Gasteiger charge is 2.21. The van der Waals surface area contributed by atoms with E-state index >= 15 is 0 Å². The Hall–Kier alpha value is -2.44. The number of hydrogen-bond donors (Lipinski definition) is 0. The first-order valence-electron chi connectivity index (χ1n) is 9.27. The van der Waals surface area contributed by atoms with E-state index in [0.717, 1.165) is 37.6 Å². The van der Waals surface area contributed by atoms with Gasteiger partial charge in [0.25, 0.3) is 5.91 Å². The lowest BCUT2D eigenvalue weighted by molar-refractivity contribution is 0.0142. The summed E-state index contributed by atoms with van der Waals surface area (Å²) in [6, 6.07) is 13.5. The number of amides is 1. The summed E-state index contributed by atoms with van der Waals surface area (Å²) < 4.78 is 10.6. The highest BCUT2D eigenvalue weighted by atomic mass is 16.5. The normalized spacial score (nSPS) is 16.0. The molecule has 1 aliphatic heterocycles. The van der Waals surface area contributed by atoms with Gasteiger partial charge in [0.15, 0.2) is 0 Å². The van der Waals surface area contributed by atoms with E-state index in [-0.39, 0.29) is 5.91 Å². The number of nitrogens with zero attached hydrogens (tertiary/aromatic N) is 3. The first-order valence-corrected chi connectivity index (χ1v) is 9.27. The third-order valence-corrected chi connectivity index (χ3v) is 4.89. The maximum Gasteiger partial charge on any atom is 0.253 e. The molecular formula is C21H27N3O3. The summed E-state index contributed by atoms with van der Waals surface area (Å²) in [6.07, 6.45) is 0. The topological polar surface area (TPSA) is 54.9 Å². The molecule has 1 fully saturated rings. The number of hydrogen-bond acceptors (Lipinski definition) is 5. The molecule has 2 aromatic rings. The van der Waals surface area contributed by atoms with Gasteiger partial charge in [-0.3, -0.25) is 9.69 Å². The molecule has 0 radical (unpaired) electrons. The number of likely N-dealkylation sites (N-methyl/N-ethyl adjacent to an activating group) is 1. The molecule has 0 aliphatic carbocycles. The maximum absolute atomic E-state index is 12.9. The van der Waals surface area contributed by atoms with Crippen LogP contribution in [0.25, 0.3) is 11.3 Å². The van der Waals surface area contributed by atoms with Gasteiger partial charge >= 0.3 is 0 Å². The minimum atomic E-state index is 0.0138. The first-order chi connectivity index (χ1) is 13.1. The Morgan fingerprint density at radius 3 is 2.74 bits per heavy atom. The van der Waals surface area contributed by atoms with Crippen molar-refractivity contribution >= 4 is 5.91 Å². The summed E-state index contributed by atoms with van der Waals surface area (Å²) >= 11 is 0. The van der Waals surface area contributed by atoms with Crippen LogP contribution in [-0.4, -0.2) is 73.7 Å². The van der Waals surface area contributed by atoms with Crippen LogP contribution in [0.1, 0.15) is 17.3 Å². The summed E-state index contributed by atoms with van der Waals surface area (Å²) in [5.74, 6) is 0.570. The number of rotatable bonds is 6. The molecule has 6 nitrogen and oxygen atoms in total. The molecule has 0 bridgehead atoms. The number of pyridine rings is 1. The lowest BCUT2D eigenvalue weighted by atomic mass is 10.1. The Balaban J connectivity index is 1.70. The van der Waals surface area contributed by atoms with E-state index in [2.05, 4.69) is 16.8 Å². The fourth-order valence-electron chi connectivity index (χ4n) is 3.33. The molecule has 1 aromatic heterocycles. The summed E-state index contributed by atoms with van der Waals surface area (Å²) in [5.41, 5.74) is 2.34. The van der Waals surface area contributed by atoms with E-state index in [0.29, 0.717) is 24.0 Å². The van der Waals surface area contributed by atoms with E-state index in [1.165, 1.54) is 0 Å². The number of methoxy groups -OCH3 is 1. The Morgan fingerprint density at radius 2 is 2.00 bits per heavy atom. The first kappa shape index (κ1) is 19.3. The number of morpholine rings is 1. The third kappa shape index (κ3) is 4.84. The Morgan fingerprint density at radius 1 is 1.26 bits per heavy atom. The van der Waals surface area contributed by atoms with Crippen molar-refractivity contribution in [3.8, 4) is 17.1 Å². The van der Waals surface area contributed by atoms with Gasteiger partial charge in [-0.15, -0.1) is 0 Å². The number of ether oxygens (including phenoxy) is 2. The minimum absolute atomic E-state index is 0.0138. The van der Waals surface area contributed by atoms with Crippen LogP contribution in [0.15, 0.2) is 42.5 Å². The monoisotopic (exact) mass is 369 g/mol. The average molecular weight is 369 g/mol. The number of benzene rings is 1. The molecular weight excluding hydrogens is 342 g/mol. The largest absolute Gasteiger partial charge is 0.481 e. The van der Waals surface area contributed by atoms with Crippen LogP contribution in [0.2, 0.25) is 0 Å². The number of carbonyl (C=O) groups is 1. The predicted molar refractivity (Wildman–Crippen MR) is 105 cm³/mol. The maximum atomic E-state index is 12.9. The zero-order valence-electron chi connectivity index (χ0n) is 16.2. The molecule has 1 unspecified atom stereocenters. The molecule has 1 aromatic carbocycles. The van der Waals surface area contributed by atoms with E-state index in [9.17, 15) is 4.79 Å². The van der Waals surface area contributed by atoms with Gasteiger partial charge in [-0.2, -0.15) is 0 Å². The van der Waals surface area contributed by atoms with Gasteiger partial charge in [-0.05, 0) is 25.1 Å². The van der Waals surface area contributed by atoms with Crippen LogP contribution in [0, 0.1) is 0 Å². The molecule has 1 amide bonds. The Kier molecular flexibility index (Phi) is 6.42. The van der Waals surface area contributed by atoms with E-state index in [1.54, 1.807) is 18.1 Å². The van der Waals surface area contributed by atoms with Gasteiger partial charge in [0.05, 0.1) is 26.0 Å². The van der Waals surface area contributed by atoms with Crippen molar-refractivity contribution in [3.05, 3.63) is 48.0 Å². The highest BCUT2D eigenvalue weighted by molar-refractivity contribution is 5.95. The molecule has 0 N–H and O–H groups in total. The van der Waals surface area contributed by atoms with Crippen molar-refractivity contribution in [2.24, 2.45) is 0 Å². The van der Waals surface area contributed by atoms with Crippen molar-refractivity contribution in [2.75, 3.05) is 47.0 Å². The quantitative estimate of drug-likeness (QED) is 0.783. The van der Waals surface area contributed by atoms with Crippen LogP contribution >= 0.6 is 0 Å². The van der Waals surface area contributed by atoms with Gasteiger partial charge in [-0.1, -0.05) is 18.2 Å². The molecule has 1 atom stereocenters. The van der Waals surface area contributed by atoms with Gasteiger partial charge in [-0.25, -0.2) is 4.98 Å². The van der Waals surface area contributed by atoms with Gasteiger partial charge in [0.2, 0.25) is 5.88 Å². The van der Waals surface area contributed by atoms with Crippen molar-refractivity contribution in [3.63, 3.8) is 0 Å². The van der Waals surface area contributed by atoms with E-state index < -0.39 is 0 Å². The average Bonchev–Trinajstić information content (AvgIpc) is 2.73. The molecule has 0 saturated carbocycles. The third-order valence-electron chi connectivity index (χ3n) is 4.89. The second-order valence-electron chi connectivity index (χ2n) is 6.83. The zero-order valence-corrected chi connectivity index (χ0v) is 16.2.